The molecule has 0 aliphatic carbocycles. The largest absolute Gasteiger partial charge is 0.323 e. The number of anilines is 2. The molecule has 2 N–H and O–H groups in total. The van der Waals surface area contributed by atoms with Crippen molar-refractivity contribution in [3.63, 3.8) is 0 Å². The first-order valence-electron chi connectivity index (χ1n) is 10.3. The predicted molar refractivity (Wildman–Crippen MR) is 131 cm³/mol. The fourth-order valence-corrected chi connectivity index (χ4v) is 4.02. The first kappa shape index (κ1) is 22.8. The van der Waals surface area contributed by atoms with E-state index in [0.29, 0.717) is 11.4 Å². The molecule has 0 radical (unpaired) electrons. The number of nitrogens with one attached hydrogen (secondary N) is 2. The SMILES string of the molecule is Cc1ccnc(NS(=O)(=O)c2ccc(NC(=O)/C=C/c3ccc(-c4cccnc4)cc3)cc2)n1. The van der Waals surface area contributed by atoms with Gasteiger partial charge >= 0.3 is 0 Å². The lowest BCUT2D eigenvalue weighted by atomic mass is 10.1. The molecule has 0 bridgehead atoms. The van der Waals surface area contributed by atoms with E-state index in [1.807, 2.05) is 36.4 Å². The molecule has 2 aromatic carbocycles. The molecule has 1 amide bonds. The Morgan fingerprint density at radius 1 is 0.912 bits per heavy atom. The molecule has 8 nitrogen and oxygen atoms in total. The highest BCUT2D eigenvalue weighted by molar-refractivity contribution is 7.92. The molecule has 0 saturated heterocycles. The third-order valence-electron chi connectivity index (χ3n) is 4.79. The highest BCUT2D eigenvalue weighted by Crippen LogP contribution is 2.19. The Balaban J connectivity index is 1.36. The normalized spacial score (nSPS) is 11.3. The summed E-state index contributed by atoms with van der Waals surface area (Å²) in [7, 11) is -3.85. The second-order valence-corrected chi connectivity index (χ2v) is 9.02. The summed E-state index contributed by atoms with van der Waals surface area (Å²) in [5.41, 5.74) is 4.03. The van der Waals surface area contributed by atoms with Crippen LogP contribution in [0.4, 0.5) is 11.6 Å². The van der Waals surface area contributed by atoms with E-state index in [9.17, 15) is 13.2 Å². The Hall–Kier alpha value is -4.37. The lowest BCUT2D eigenvalue weighted by molar-refractivity contribution is -0.111. The molecule has 4 rings (SSSR count). The summed E-state index contributed by atoms with van der Waals surface area (Å²) >= 11 is 0. The minimum atomic E-state index is -3.85. The van der Waals surface area contributed by atoms with Crippen molar-refractivity contribution in [2.24, 2.45) is 0 Å². The summed E-state index contributed by atoms with van der Waals surface area (Å²) < 4.78 is 27.4. The van der Waals surface area contributed by atoms with E-state index < -0.39 is 10.0 Å². The van der Waals surface area contributed by atoms with Gasteiger partial charge in [0.15, 0.2) is 0 Å². The summed E-state index contributed by atoms with van der Waals surface area (Å²) in [6, 6.07) is 19.1. The van der Waals surface area contributed by atoms with Crippen LogP contribution in [0.15, 0.2) is 96.3 Å². The van der Waals surface area contributed by atoms with Crippen LogP contribution in [0.25, 0.3) is 17.2 Å². The van der Waals surface area contributed by atoms with Crippen molar-refractivity contribution in [2.75, 3.05) is 10.0 Å². The molecule has 0 spiro atoms. The molecular weight excluding hydrogens is 450 g/mol. The smallest absolute Gasteiger partial charge is 0.264 e. The van der Waals surface area contributed by atoms with Gasteiger partial charge in [-0.3, -0.25) is 9.78 Å². The van der Waals surface area contributed by atoms with Gasteiger partial charge in [0, 0.05) is 36.0 Å². The Labute approximate surface area is 197 Å². The first-order chi connectivity index (χ1) is 16.4. The number of sulfonamides is 1. The quantitative estimate of drug-likeness (QED) is 0.389. The predicted octanol–water partition coefficient (Wildman–Crippen LogP) is 4.30. The molecule has 0 atom stereocenters. The van der Waals surface area contributed by atoms with E-state index in [1.54, 1.807) is 31.5 Å². The summed E-state index contributed by atoms with van der Waals surface area (Å²) in [5.74, 6) is -0.339. The van der Waals surface area contributed by atoms with Gasteiger partial charge in [-0.15, -0.1) is 0 Å². The third kappa shape index (κ3) is 5.90. The zero-order valence-electron chi connectivity index (χ0n) is 18.2. The fourth-order valence-electron chi connectivity index (χ4n) is 3.07. The lowest BCUT2D eigenvalue weighted by Crippen LogP contribution is -2.15. The number of aryl methyl sites for hydroxylation is 1. The summed E-state index contributed by atoms with van der Waals surface area (Å²) in [5, 5.41) is 2.71. The number of pyridine rings is 1. The summed E-state index contributed by atoms with van der Waals surface area (Å²) in [4.78, 5) is 24.4. The summed E-state index contributed by atoms with van der Waals surface area (Å²) in [6.07, 6.45) is 8.11. The zero-order valence-corrected chi connectivity index (χ0v) is 19.0. The Kier molecular flexibility index (Phi) is 6.74. The average Bonchev–Trinajstić information content (AvgIpc) is 2.84. The van der Waals surface area contributed by atoms with Gasteiger partial charge in [-0.1, -0.05) is 30.3 Å². The van der Waals surface area contributed by atoms with Gasteiger partial charge in [-0.25, -0.2) is 23.1 Å². The molecule has 0 fully saturated rings. The van der Waals surface area contributed by atoms with Gasteiger partial charge in [0.1, 0.15) is 0 Å². The number of aromatic nitrogens is 3. The van der Waals surface area contributed by atoms with Crippen LogP contribution < -0.4 is 10.0 Å². The van der Waals surface area contributed by atoms with Crippen molar-refractivity contribution < 1.29 is 13.2 Å². The molecular formula is C25H21N5O3S. The first-order valence-corrected chi connectivity index (χ1v) is 11.8. The maximum absolute atomic E-state index is 12.5. The van der Waals surface area contributed by atoms with Crippen LogP contribution in [0.3, 0.4) is 0 Å². The standard InChI is InChI=1S/C25H21N5O3S/c1-18-14-16-27-25(28-18)30-34(32,33)23-11-9-22(10-12-23)29-24(31)13-6-19-4-7-20(8-5-19)21-3-2-15-26-17-21/h2-17H,1H3,(H,29,31)(H,27,28,30)/b13-6+. The lowest BCUT2D eigenvalue weighted by Gasteiger charge is -2.08. The maximum atomic E-state index is 12.5. The van der Waals surface area contributed by atoms with E-state index in [1.165, 1.54) is 36.5 Å². The van der Waals surface area contributed by atoms with E-state index in [0.717, 1.165) is 16.7 Å². The number of nitrogens with zero attached hydrogens (tertiary/aromatic N) is 3. The second kappa shape index (κ2) is 10.1. The van der Waals surface area contributed by atoms with Gasteiger partial charge in [0.25, 0.3) is 10.0 Å². The molecule has 0 aliphatic rings. The number of amides is 1. The van der Waals surface area contributed by atoms with Crippen molar-refractivity contribution in [2.45, 2.75) is 11.8 Å². The van der Waals surface area contributed by atoms with E-state index in [-0.39, 0.29) is 16.8 Å². The van der Waals surface area contributed by atoms with Gasteiger partial charge in [-0.2, -0.15) is 0 Å². The van der Waals surface area contributed by atoms with Crippen molar-refractivity contribution >= 4 is 33.6 Å². The minimum Gasteiger partial charge on any atom is -0.323 e. The zero-order chi connectivity index (χ0) is 24.0. The molecule has 4 aromatic rings. The average molecular weight is 472 g/mol. The van der Waals surface area contributed by atoms with Crippen LogP contribution in [0.2, 0.25) is 0 Å². The Morgan fingerprint density at radius 3 is 2.35 bits per heavy atom. The highest BCUT2D eigenvalue weighted by atomic mass is 32.2. The molecule has 0 aliphatic heterocycles. The second-order valence-electron chi connectivity index (χ2n) is 7.34. The highest BCUT2D eigenvalue weighted by Gasteiger charge is 2.15. The van der Waals surface area contributed by atoms with E-state index in [2.05, 4.69) is 25.0 Å². The van der Waals surface area contributed by atoms with E-state index >= 15 is 0 Å². The van der Waals surface area contributed by atoms with Crippen LogP contribution >= 0.6 is 0 Å². The van der Waals surface area contributed by atoms with Crippen molar-refractivity contribution in [1.82, 2.24) is 15.0 Å². The van der Waals surface area contributed by atoms with Crippen LogP contribution in [0.5, 0.6) is 0 Å². The number of hydrogen-bond donors (Lipinski definition) is 2. The Bertz CT molecular complexity index is 1420. The monoisotopic (exact) mass is 471 g/mol. The molecule has 9 heteroatoms. The van der Waals surface area contributed by atoms with Crippen LogP contribution in [-0.2, 0) is 14.8 Å². The fraction of sp³-hybridized carbons (Fsp3) is 0.0400. The molecule has 2 aromatic heterocycles. The van der Waals surface area contributed by atoms with Crippen LogP contribution in [-0.4, -0.2) is 29.3 Å². The van der Waals surface area contributed by atoms with Crippen molar-refractivity contribution in [3.8, 4) is 11.1 Å². The topological polar surface area (TPSA) is 114 Å². The summed E-state index contributed by atoms with van der Waals surface area (Å²) in [6.45, 7) is 1.74. The van der Waals surface area contributed by atoms with Gasteiger partial charge in [0.05, 0.1) is 4.90 Å². The van der Waals surface area contributed by atoms with Crippen LogP contribution in [0, 0.1) is 6.92 Å². The van der Waals surface area contributed by atoms with E-state index in [4.69, 9.17) is 0 Å². The van der Waals surface area contributed by atoms with Gasteiger partial charge in [-0.05, 0) is 66.1 Å². The maximum Gasteiger partial charge on any atom is 0.264 e. The number of carbonyl (C=O) groups excluding carboxylic acids is 1. The molecule has 0 unspecified atom stereocenters. The molecule has 2 heterocycles. The minimum absolute atomic E-state index is 0.00372. The molecule has 34 heavy (non-hydrogen) atoms. The molecule has 0 saturated carbocycles. The Morgan fingerprint density at radius 2 is 1.68 bits per heavy atom. The van der Waals surface area contributed by atoms with Crippen LogP contribution in [0.1, 0.15) is 11.3 Å². The number of benzene rings is 2. The van der Waals surface area contributed by atoms with Crippen molar-refractivity contribution in [3.05, 3.63) is 103 Å². The number of carbonyl (C=O) groups is 1. The third-order valence-corrected chi connectivity index (χ3v) is 6.13. The number of rotatable bonds is 7. The number of hydrogen-bond acceptors (Lipinski definition) is 6. The van der Waals surface area contributed by atoms with Gasteiger partial charge in [0.2, 0.25) is 11.9 Å². The van der Waals surface area contributed by atoms with Gasteiger partial charge < -0.3 is 5.32 Å². The molecule has 170 valence electrons. The van der Waals surface area contributed by atoms with Crippen molar-refractivity contribution in [1.29, 1.82) is 0 Å².